The van der Waals surface area contributed by atoms with Crippen molar-refractivity contribution in [2.24, 2.45) is 0 Å². The Morgan fingerprint density at radius 3 is 0.556 bits per heavy atom. The Bertz CT molecular complexity index is 360. The van der Waals surface area contributed by atoms with E-state index in [1.807, 2.05) is 0 Å². The molecule has 0 rings (SSSR count). The van der Waals surface area contributed by atoms with Crippen LogP contribution in [0.3, 0.4) is 0 Å². The Balaban J connectivity index is -0.0000000106. The molecule has 0 aromatic carbocycles. The van der Waals surface area contributed by atoms with Gasteiger partial charge in [0, 0.05) is 21.1 Å². The summed E-state index contributed by atoms with van der Waals surface area (Å²) in [5.41, 5.74) is 0. The van der Waals surface area contributed by atoms with Gasteiger partial charge in [0.05, 0.1) is 0 Å². The minimum absolute atomic E-state index is 0. The molecular formula is H4BaCaO12W4-6. The van der Waals surface area contributed by atoms with Crippen LogP contribution in [0, 0.1) is 0 Å². The summed E-state index contributed by atoms with van der Waals surface area (Å²) in [7, 11) is 0. The molecule has 0 spiro atoms. The van der Waals surface area contributed by atoms with Crippen LogP contribution in [0.4, 0.5) is 0 Å². The summed E-state index contributed by atoms with van der Waals surface area (Å²) < 4.78 is 104. The topological polar surface area (TPSA) is 241 Å². The van der Waals surface area contributed by atoms with Crippen molar-refractivity contribution in [3.8, 4) is 0 Å². The van der Waals surface area contributed by atoms with Gasteiger partial charge in [0.2, 0.25) is 0 Å². The zero-order valence-electron chi connectivity index (χ0n) is 11.9. The predicted octanol–water partition coefficient (Wildman–Crippen LogP) is -8.17. The van der Waals surface area contributed by atoms with E-state index in [0.717, 1.165) is 0 Å². The molecule has 0 fully saturated rings. The van der Waals surface area contributed by atoms with Gasteiger partial charge in [-0.1, -0.05) is 0 Å². The first-order chi connectivity index (χ1) is 6.00. The Kier molecular flexibility index (Phi) is 36.9. The second kappa shape index (κ2) is 17.5. The largest absolute Gasteiger partial charge is 0 e. The molecule has 0 atom stereocenters. The minimum atomic E-state index is -6.17. The maximum absolute atomic E-state index is 8.65. The average Bonchev–Trinajstić information content (AvgIpc) is 1.41. The second-order valence-corrected chi connectivity index (χ2v) is 10.0. The van der Waals surface area contributed by atoms with Crippen LogP contribution in [0.1, 0.15) is 5.71 Å². The third kappa shape index (κ3) is 430. The van der Waals surface area contributed by atoms with Crippen LogP contribution in [0.15, 0.2) is 0 Å². The van der Waals surface area contributed by atoms with E-state index in [0.29, 0.717) is 0 Å². The molecule has 0 N–H and O–H groups in total. The van der Waals surface area contributed by atoms with Gasteiger partial charge in [-0.15, -0.1) is 0 Å². The first-order valence-electron chi connectivity index (χ1n) is 2.00. The summed E-state index contributed by atoms with van der Waals surface area (Å²) >= 11 is -18.5. The molecule has 0 aromatic heterocycles. The van der Waals surface area contributed by atoms with Crippen LogP contribution in [-0.2, 0) is 91.7 Å². The molecule has 0 saturated carbocycles. The zero-order valence-corrected chi connectivity index (χ0v) is 26.3. The monoisotopic (exact) mass is 1110 g/mol. The molecule has 0 heterocycles. The van der Waals surface area contributed by atoms with Gasteiger partial charge < -0.3 is 5.71 Å². The number of hydrogen-bond acceptors (Lipinski definition) is 12. The van der Waals surface area contributed by atoms with Crippen LogP contribution in [0.2, 0.25) is 0 Å². The Morgan fingerprint density at radius 2 is 0.556 bits per heavy atom. The maximum atomic E-state index is 8.65. The summed E-state index contributed by atoms with van der Waals surface area (Å²) in [6.45, 7) is 0. The van der Waals surface area contributed by atoms with Gasteiger partial charge in [0.1, 0.15) is 0 Å². The molecule has 0 radical (unpaired) electrons. The summed E-state index contributed by atoms with van der Waals surface area (Å²) in [6.07, 6.45) is 0. The standard InChI is InChI=1S/Ba.Ca.12O.4W.4H/q2*+2;;;;;;;6*-1;;;;;4*-1. The van der Waals surface area contributed by atoms with Crippen molar-refractivity contribution < 1.29 is 120 Å². The van der Waals surface area contributed by atoms with Crippen LogP contribution in [-0.4, -0.2) is 86.6 Å². The van der Waals surface area contributed by atoms with E-state index in [1.165, 1.54) is 0 Å². The van der Waals surface area contributed by atoms with Crippen LogP contribution < -0.4 is 22.6 Å². The smallest absolute Gasteiger partial charge is 0 e. The molecule has 12 nitrogen and oxygen atoms in total. The molecule has 110 valence electrons. The molecule has 0 aliphatic carbocycles. The third-order valence-corrected chi connectivity index (χ3v) is 0. The molecular weight excluding hydrogens is 1100 g/mol. The Hall–Kier alpha value is 4.14. The summed E-state index contributed by atoms with van der Waals surface area (Å²) in [5.74, 6) is 0. The van der Waals surface area contributed by atoms with Gasteiger partial charge in [-0.2, -0.15) is 0 Å². The third-order valence-electron chi connectivity index (χ3n) is 0. The number of hydrogen-bond donors (Lipinski definition) is 0. The fraction of sp³-hybridized carbons (Fsp3) is 0. The van der Waals surface area contributed by atoms with Gasteiger partial charge in [0.25, 0.3) is 0 Å². The second-order valence-electron chi connectivity index (χ2n) is 1.22. The molecule has 0 unspecified atom stereocenters. The maximum Gasteiger partial charge on any atom is 0 e. The van der Waals surface area contributed by atoms with E-state index in [2.05, 4.69) is 0 Å². The first kappa shape index (κ1) is 38.0. The zero-order chi connectivity index (χ0) is 13.5. The van der Waals surface area contributed by atoms with Gasteiger partial charge in [-0.25, -0.2) is 0 Å². The van der Waals surface area contributed by atoms with Crippen molar-refractivity contribution in [1.82, 2.24) is 0 Å². The Labute approximate surface area is 202 Å². The summed E-state index contributed by atoms with van der Waals surface area (Å²) in [6, 6.07) is 0. The molecule has 18 heavy (non-hydrogen) atoms. The van der Waals surface area contributed by atoms with Crippen LogP contribution in [0.5, 0.6) is 0 Å². The minimum Gasteiger partial charge on any atom is 0 e. The average molecular weight is 1110 g/mol. The van der Waals surface area contributed by atoms with Crippen LogP contribution >= 0.6 is 0 Å². The summed E-state index contributed by atoms with van der Waals surface area (Å²) in [4.78, 5) is 0. The molecule has 0 aliphatic rings. The molecule has 0 amide bonds. The predicted molar refractivity (Wildman–Crippen MR) is 20.1 cm³/mol. The van der Waals surface area contributed by atoms with E-state index in [9.17, 15) is 0 Å². The van der Waals surface area contributed by atoms with E-state index in [-0.39, 0.29) is 113 Å². The van der Waals surface area contributed by atoms with Crippen molar-refractivity contribution in [3.63, 3.8) is 0 Å². The fourth-order valence-corrected chi connectivity index (χ4v) is 0. The SMILES string of the molecule is [Ba+2].[Ca+2].[H-].[H-].[H-].[H-].[O]=[W](=[O])([O-])[O-].[O]=[W](=[O])([O-])[O-].[O]=[W](=[O])([O-])[O-].[W]. The van der Waals surface area contributed by atoms with Crippen molar-refractivity contribution >= 4 is 86.6 Å². The molecule has 0 aromatic rings. The van der Waals surface area contributed by atoms with Gasteiger partial charge >= 0.3 is 180 Å². The fourth-order valence-electron chi connectivity index (χ4n) is 0. The van der Waals surface area contributed by atoms with Gasteiger partial charge in [0.15, 0.2) is 0 Å². The van der Waals surface area contributed by atoms with Gasteiger partial charge in [-0.3, -0.25) is 0 Å². The quantitative estimate of drug-likeness (QED) is 0.206. The van der Waals surface area contributed by atoms with Crippen molar-refractivity contribution in [2.45, 2.75) is 0 Å². The van der Waals surface area contributed by atoms with Crippen molar-refractivity contribution in [3.05, 3.63) is 0 Å². The molecule has 0 bridgehead atoms. The normalized spacial score (nSPS) is 9.67. The van der Waals surface area contributed by atoms with Gasteiger partial charge in [-0.05, 0) is 0 Å². The molecule has 0 saturated heterocycles. The van der Waals surface area contributed by atoms with E-state index >= 15 is 0 Å². The van der Waals surface area contributed by atoms with E-state index in [1.54, 1.807) is 0 Å². The van der Waals surface area contributed by atoms with Crippen molar-refractivity contribution in [1.29, 1.82) is 0 Å². The summed E-state index contributed by atoms with van der Waals surface area (Å²) in [5, 5.41) is 0. The molecule has 0 aliphatic heterocycles. The van der Waals surface area contributed by atoms with E-state index in [4.69, 9.17) is 42.9 Å². The van der Waals surface area contributed by atoms with Crippen molar-refractivity contribution in [2.75, 3.05) is 0 Å². The van der Waals surface area contributed by atoms with E-state index < -0.39 is 50.2 Å². The Morgan fingerprint density at radius 1 is 0.556 bits per heavy atom. The number of rotatable bonds is 0. The first-order valence-corrected chi connectivity index (χ1v) is 16.4. The molecule has 18 heteroatoms. The van der Waals surface area contributed by atoms with Crippen LogP contribution in [0.25, 0.3) is 0 Å².